The van der Waals surface area contributed by atoms with E-state index in [1.54, 1.807) is 42.0 Å². The number of hydrogen-bond donors (Lipinski definition) is 0. The highest BCUT2D eigenvalue weighted by Crippen LogP contribution is 2.29. The number of methoxy groups -OCH3 is 2. The molecular weight excluding hydrogens is 542 g/mol. The molecular formula is C31H35N3O4S2. The predicted molar refractivity (Wildman–Crippen MR) is 160 cm³/mol. The van der Waals surface area contributed by atoms with Gasteiger partial charge in [-0.2, -0.15) is 4.31 Å². The van der Waals surface area contributed by atoms with E-state index in [1.165, 1.54) is 0 Å². The van der Waals surface area contributed by atoms with Crippen LogP contribution in [0.25, 0.3) is 11.3 Å². The summed E-state index contributed by atoms with van der Waals surface area (Å²) in [7, 11) is -0.229. The minimum Gasteiger partial charge on any atom is -0.493 e. The van der Waals surface area contributed by atoms with Crippen molar-refractivity contribution >= 4 is 27.0 Å². The van der Waals surface area contributed by atoms with Crippen LogP contribution in [0.2, 0.25) is 0 Å². The average Bonchev–Trinajstić information content (AvgIpc) is 3.17. The Bertz CT molecular complexity index is 1590. The molecule has 0 atom stereocenters. The summed E-state index contributed by atoms with van der Waals surface area (Å²) in [6, 6.07) is 23.2. The maximum Gasteiger partial charge on any atom is 0.243 e. The van der Waals surface area contributed by atoms with E-state index in [4.69, 9.17) is 14.5 Å². The lowest BCUT2D eigenvalue weighted by Crippen LogP contribution is -2.31. The van der Waals surface area contributed by atoms with Gasteiger partial charge in [-0.25, -0.2) is 13.4 Å². The summed E-state index contributed by atoms with van der Waals surface area (Å²) in [5, 5.41) is 2.09. The molecule has 1 aliphatic heterocycles. The Morgan fingerprint density at radius 2 is 1.55 bits per heavy atom. The van der Waals surface area contributed by atoms with Crippen molar-refractivity contribution in [1.82, 2.24) is 8.87 Å². The molecule has 0 N–H and O–H groups in total. The van der Waals surface area contributed by atoms with Crippen LogP contribution in [0, 0.1) is 0 Å². The van der Waals surface area contributed by atoms with Crippen molar-refractivity contribution in [3.63, 3.8) is 0 Å². The average molecular weight is 578 g/mol. The van der Waals surface area contributed by atoms with E-state index in [0.29, 0.717) is 36.0 Å². The first kappa shape index (κ1) is 28.1. The number of nitrogens with zero attached hydrogens (tertiary/aromatic N) is 3. The monoisotopic (exact) mass is 577 g/mol. The first-order valence-corrected chi connectivity index (χ1v) is 15.9. The number of aromatic nitrogens is 1. The Hall–Kier alpha value is -3.40. The fourth-order valence-corrected chi connectivity index (χ4v) is 7.46. The maximum absolute atomic E-state index is 13.3. The second-order valence-corrected chi connectivity index (χ2v) is 12.6. The van der Waals surface area contributed by atoms with E-state index in [9.17, 15) is 8.42 Å². The van der Waals surface area contributed by atoms with Crippen molar-refractivity contribution < 1.29 is 17.9 Å². The van der Waals surface area contributed by atoms with Gasteiger partial charge in [0.2, 0.25) is 10.0 Å². The number of rotatable bonds is 9. The molecule has 0 aliphatic carbocycles. The third-order valence-electron chi connectivity index (χ3n) is 7.20. The van der Waals surface area contributed by atoms with Crippen LogP contribution in [0.15, 0.2) is 88.1 Å². The van der Waals surface area contributed by atoms with Gasteiger partial charge in [0.1, 0.15) is 0 Å². The van der Waals surface area contributed by atoms with Gasteiger partial charge in [-0.05, 0) is 66.8 Å². The number of para-hydroxylation sites is 1. The Labute approximate surface area is 240 Å². The molecule has 210 valence electrons. The standard InChI is InChI=1S/C31H35N3O4S2/c1-37-29-17-12-24(22-30(29)38-2)18-21-34-28(23-39-31(34)32-26-10-6-5-7-11-26)25-13-15-27(16-14-25)40(35,36)33-19-8-3-4-9-20-33/h5-7,10-17,22-23H,3-4,8-9,18-21H2,1-2H3. The SMILES string of the molecule is COc1ccc(CCn2c(-c3ccc(S(=O)(=O)N4CCCCCC4)cc3)csc2=Nc2ccccc2)cc1OC. The molecule has 40 heavy (non-hydrogen) atoms. The summed E-state index contributed by atoms with van der Waals surface area (Å²) in [6.07, 6.45) is 4.76. The number of ether oxygens (including phenoxy) is 2. The molecule has 9 heteroatoms. The van der Waals surface area contributed by atoms with Crippen molar-refractivity contribution in [2.45, 2.75) is 43.5 Å². The van der Waals surface area contributed by atoms with Gasteiger partial charge in [0.25, 0.3) is 0 Å². The number of hydrogen-bond acceptors (Lipinski definition) is 6. The topological polar surface area (TPSA) is 73.1 Å². The van der Waals surface area contributed by atoms with Crippen LogP contribution in [-0.4, -0.2) is 44.6 Å². The molecule has 1 saturated heterocycles. The van der Waals surface area contributed by atoms with E-state index in [-0.39, 0.29) is 0 Å². The Balaban J connectivity index is 1.47. The normalized spacial score (nSPS) is 15.1. The predicted octanol–water partition coefficient (Wildman–Crippen LogP) is 6.27. The summed E-state index contributed by atoms with van der Waals surface area (Å²) in [4.78, 5) is 6.15. The number of thiazole rings is 1. The smallest absolute Gasteiger partial charge is 0.243 e. The summed E-state index contributed by atoms with van der Waals surface area (Å²) in [6.45, 7) is 1.87. The molecule has 1 aromatic heterocycles. The van der Waals surface area contributed by atoms with Crippen LogP contribution in [0.4, 0.5) is 5.69 Å². The van der Waals surface area contributed by atoms with Crippen LogP contribution in [0.3, 0.4) is 0 Å². The highest BCUT2D eigenvalue weighted by Gasteiger charge is 2.25. The molecule has 0 bridgehead atoms. The van der Waals surface area contributed by atoms with Crippen molar-refractivity contribution in [2.75, 3.05) is 27.3 Å². The van der Waals surface area contributed by atoms with Crippen molar-refractivity contribution in [3.05, 3.63) is 88.5 Å². The van der Waals surface area contributed by atoms with Gasteiger partial charge in [-0.1, -0.05) is 49.2 Å². The van der Waals surface area contributed by atoms with Gasteiger partial charge in [0.05, 0.1) is 30.5 Å². The molecule has 1 aliphatic rings. The zero-order valence-corrected chi connectivity index (χ0v) is 24.6. The Morgan fingerprint density at radius 1 is 0.850 bits per heavy atom. The molecule has 3 aromatic carbocycles. The van der Waals surface area contributed by atoms with Crippen LogP contribution in [0.5, 0.6) is 11.5 Å². The van der Waals surface area contributed by atoms with Gasteiger partial charge in [-0.3, -0.25) is 0 Å². The highest BCUT2D eigenvalue weighted by molar-refractivity contribution is 7.89. The van der Waals surface area contributed by atoms with Gasteiger partial charge in [-0.15, -0.1) is 11.3 Å². The fourth-order valence-electron chi connectivity index (χ4n) is 4.98. The summed E-state index contributed by atoms with van der Waals surface area (Å²) >= 11 is 1.57. The van der Waals surface area contributed by atoms with E-state index < -0.39 is 10.0 Å². The molecule has 0 spiro atoms. The zero-order valence-electron chi connectivity index (χ0n) is 23.0. The van der Waals surface area contributed by atoms with E-state index >= 15 is 0 Å². The molecule has 0 amide bonds. The summed E-state index contributed by atoms with van der Waals surface area (Å²) < 4.78 is 41.3. The van der Waals surface area contributed by atoms with E-state index in [2.05, 4.69) is 9.95 Å². The second kappa shape index (κ2) is 12.8. The number of sulfonamides is 1. The molecule has 1 fully saturated rings. The molecule has 2 heterocycles. The lowest BCUT2D eigenvalue weighted by Gasteiger charge is -2.20. The molecule has 0 radical (unpaired) electrons. The molecule has 5 rings (SSSR count). The van der Waals surface area contributed by atoms with Crippen LogP contribution in [-0.2, 0) is 23.0 Å². The molecule has 0 saturated carbocycles. The lowest BCUT2D eigenvalue weighted by molar-refractivity contribution is 0.354. The van der Waals surface area contributed by atoms with Gasteiger partial charge in [0.15, 0.2) is 16.3 Å². The number of benzene rings is 3. The maximum atomic E-state index is 13.3. The quantitative estimate of drug-likeness (QED) is 0.235. The first-order chi connectivity index (χ1) is 19.5. The lowest BCUT2D eigenvalue weighted by atomic mass is 10.1. The third kappa shape index (κ3) is 6.32. The van der Waals surface area contributed by atoms with Crippen molar-refractivity contribution in [3.8, 4) is 22.8 Å². The van der Waals surface area contributed by atoms with Gasteiger partial charge < -0.3 is 14.0 Å². The highest BCUT2D eigenvalue weighted by atomic mass is 32.2. The largest absolute Gasteiger partial charge is 0.493 e. The summed E-state index contributed by atoms with van der Waals surface area (Å²) in [5.41, 5.74) is 3.95. The minimum absolute atomic E-state index is 0.347. The molecule has 7 nitrogen and oxygen atoms in total. The molecule has 0 unspecified atom stereocenters. The van der Waals surface area contributed by atoms with Crippen LogP contribution in [0.1, 0.15) is 31.2 Å². The summed E-state index contributed by atoms with van der Waals surface area (Å²) in [5.74, 6) is 1.40. The minimum atomic E-state index is -3.50. The first-order valence-electron chi connectivity index (χ1n) is 13.6. The Kier molecular flexibility index (Phi) is 9.04. The van der Waals surface area contributed by atoms with Crippen molar-refractivity contribution in [2.24, 2.45) is 4.99 Å². The zero-order chi connectivity index (χ0) is 28.0. The van der Waals surface area contributed by atoms with Crippen LogP contribution < -0.4 is 14.3 Å². The van der Waals surface area contributed by atoms with Crippen molar-refractivity contribution in [1.29, 1.82) is 0 Å². The third-order valence-corrected chi connectivity index (χ3v) is 9.98. The van der Waals surface area contributed by atoms with E-state index in [1.807, 2.05) is 60.7 Å². The van der Waals surface area contributed by atoms with Gasteiger partial charge in [0, 0.05) is 25.0 Å². The van der Waals surface area contributed by atoms with Gasteiger partial charge >= 0.3 is 0 Å². The van der Waals surface area contributed by atoms with E-state index in [0.717, 1.165) is 59.4 Å². The Morgan fingerprint density at radius 3 is 2.23 bits per heavy atom. The number of aryl methyl sites for hydroxylation is 1. The van der Waals surface area contributed by atoms with Crippen LogP contribution >= 0.6 is 11.3 Å². The fraction of sp³-hybridized carbons (Fsp3) is 0.323. The second-order valence-electron chi connectivity index (χ2n) is 9.78. The molecule has 4 aromatic rings.